The molecule has 0 spiro atoms. The predicted molar refractivity (Wildman–Crippen MR) is 135 cm³/mol. The number of nitrogens with zero attached hydrogens (tertiary/aromatic N) is 3. The molecule has 0 N–H and O–H groups in total. The van der Waals surface area contributed by atoms with Crippen LogP contribution in [0.3, 0.4) is 0 Å². The highest BCUT2D eigenvalue weighted by molar-refractivity contribution is 8.00. The minimum absolute atomic E-state index is 0.0845. The number of fused-ring (bicyclic) bond motifs is 1. The average molecular weight is 490 g/mol. The van der Waals surface area contributed by atoms with Gasteiger partial charge in [0.15, 0.2) is 5.13 Å². The number of aryl methyl sites for hydroxylation is 2. The third kappa shape index (κ3) is 5.83. The molecule has 1 fully saturated rings. The van der Waals surface area contributed by atoms with Gasteiger partial charge >= 0.3 is 0 Å². The van der Waals surface area contributed by atoms with Crippen molar-refractivity contribution in [2.45, 2.75) is 25.2 Å². The lowest BCUT2D eigenvalue weighted by Crippen LogP contribution is -2.39. The molecule has 0 radical (unpaired) electrons. The minimum atomic E-state index is 0.0845. The Hall–Kier alpha value is -1.64. The van der Waals surface area contributed by atoms with Gasteiger partial charge in [0.25, 0.3) is 0 Å². The van der Waals surface area contributed by atoms with Crippen LogP contribution in [0.25, 0.3) is 10.2 Å². The molecular formula is C24H28ClN3O2S2. The van der Waals surface area contributed by atoms with Crippen molar-refractivity contribution in [2.24, 2.45) is 0 Å². The highest BCUT2D eigenvalue weighted by Crippen LogP contribution is 2.34. The number of hydrogen-bond acceptors (Lipinski definition) is 6. The van der Waals surface area contributed by atoms with Crippen LogP contribution in [0.5, 0.6) is 0 Å². The summed E-state index contributed by atoms with van der Waals surface area (Å²) in [6.07, 6.45) is 0.908. The molecule has 2 heterocycles. The molecule has 4 rings (SSSR count). The van der Waals surface area contributed by atoms with E-state index in [1.807, 2.05) is 29.2 Å². The maximum absolute atomic E-state index is 13.3. The third-order valence-electron chi connectivity index (χ3n) is 5.60. The number of amides is 1. The van der Waals surface area contributed by atoms with Crippen LogP contribution >= 0.6 is 34.7 Å². The molecule has 0 unspecified atom stereocenters. The van der Waals surface area contributed by atoms with Crippen LogP contribution in [-0.4, -0.2) is 60.9 Å². The summed E-state index contributed by atoms with van der Waals surface area (Å²) in [5.74, 6) is 0.453. The monoisotopic (exact) mass is 489 g/mol. The Balaban J connectivity index is 1.50. The van der Waals surface area contributed by atoms with Crippen LogP contribution in [0.2, 0.25) is 5.02 Å². The van der Waals surface area contributed by atoms with Crippen LogP contribution in [0.15, 0.2) is 41.3 Å². The molecule has 0 aliphatic carbocycles. The van der Waals surface area contributed by atoms with Crippen LogP contribution in [0.4, 0.5) is 5.13 Å². The Morgan fingerprint density at radius 2 is 1.88 bits per heavy atom. The van der Waals surface area contributed by atoms with Gasteiger partial charge in [0, 0.05) is 36.1 Å². The lowest BCUT2D eigenvalue weighted by Gasteiger charge is -2.27. The van der Waals surface area contributed by atoms with Crippen LogP contribution in [0.1, 0.15) is 17.5 Å². The lowest BCUT2D eigenvalue weighted by atomic mass is 10.1. The Morgan fingerprint density at radius 3 is 2.59 bits per heavy atom. The van der Waals surface area contributed by atoms with Crippen LogP contribution in [0, 0.1) is 13.8 Å². The molecule has 0 saturated carbocycles. The normalized spacial score (nSPS) is 14.7. The number of rotatable bonds is 8. The molecule has 170 valence electrons. The molecule has 1 amide bonds. The Labute approximate surface area is 202 Å². The molecule has 3 aromatic rings. The molecule has 1 saturated heterocycles. The first-order chi connectivity index (χ1) is 15.5. The number of carbonyl (C=O) groups excluding carboxylic acids is 1. The SMILES string of the molecule is Cc1ccc(C)c2sc(N(CCCN3CCOCC3)C(=O)CSc3ccc(Cl)cc3)nc12. The summed E-state index contributed by atoms with van der Waals surface area (Å²) < 4.78 is 6.61. The summed E-state index contributed by atoms with van der Waals surface area (Å²) in [7, 11) is 0. The number of benzene rings is 2. The van der Waals surface area contributed by atoms with E-state index in [1.165, 1.54) is 17.3 Å². The van der Waals surface area contributed by atoms with E-state index in [0.717, 1.165) is 65.1 Å². The Kier molecular flexibility index (Phi) is 8.07. The zero-order chi connectivity index (χ0) is 22.5. The zero-order valence-corrected chi connectivity index (χ0v) is 20.9. The number of ether oxygens (including phenoxy) is 1. The first kappa shape index (κ1) is 23.5. The lowest BCUT2D eigenvalue weighted by molar-refractivity contribution is -0.116. The molecular weight excluding hydrogens is 462 g/mol. The summed E-state index contributed by atoms with van der Waals surface area (Å²) in [4.78, 5) is 23.5. The van der Waals surface area contributed by atoms with Crippen molar-refractivity contribution in [3.05, 3.63) is 52.5 Å². The van der Waals surface area contributed by atoms with E-state index < -0.39 is 0 Å². The third-order valence-corrected chi connectivity index (χ3v) is 8.06. The fourth-order valence-corrected chi connectivity index (χ4v) is 5.78. The highest BCUT2D eigenvalue weighted by atomic mass is 35.5. The molecule has 0 bridgehead atoms. The van der Waals surface area contributed by atoms with Crippen molar-refractivity contribution in [3.63, 3.8) is 0 Å². The molecule has 2 aromatic carbocycles. The van der Waals surface area contributed by atoms with E-state index >= 15 is 0 Å². The standard InChI is InChI=1S/C24H28ClN3O2S2/c1-17-4-5-18(2)23-22(17)26-24(32-23)28(11-3-10-27-12-14-30-15-13-27)21(29)16-31-20-8-6-19(25)7-9-20/h4-9H,3,10-16H2,1-2H3. The van der Waals surface area contributed by atoms with E-state index in [0.29, 0.717) is 17.3 Å². The number of thioether (sulfide) groups is 1. The van der Waals surface area contributed by atoms with Crippen LogP contribution < -0.4 is 4.90 Å². The summed E-state index contributed by atoms with van der Waals surface area (Å²) in [6.45, 7) is 9.29. The van der Waals surface area contributed by atoms with Gasteiger partial charge in [0.2, 0.25) is 5.91 Å². The van der Waals surface area contributed by atoms with Gasteiger partial charge in [-0.05, 0) is 55.7 Å². The molecule has 0 atom stereocenters. The Bertz CT molecular complexity index is 1030. The van der Waals surface area contributed by atoms with Crippen molar-refractivity contribution >= 4 is 56.0 Å². The molecule has 1 aliphatic rings. The van der Waals surface area contributed by atoms with E-state index in [4.69, 9.17) is 21.3 Å². The zero-order valence-electron chi connectivity index (χ0n) is 18.5. The van der Waals surface area contributed by atoms with Gasteiger partial charge < -0.3 is 4.74 Å². The highest BCUT2D eigenvalue weighted by Gasteiger charge is 2.21. The molecule has 8 heteroatoms. The molecule has 1 aromatic heterocycles. The van der Waals surface area contributed by atoms with Crippen molar-refractivity contribution in [2.75, 3.05) is 50.0 Å². The van der Waals surface area contributed by atoms with Gasteiger partial charge in [-0.1, -0.05) is 35.1 Å². The van der Waals surface area contributed by atoms with Crippen molar-refractivity contribution in [1.82, 2.24) is 9.88 Å². The summed E-state index contributed by atoms with van der Waals surface area (Å²) in [6, 6.07) is 11.8. The first-order valence-electron chi connectivity index (χ1n) is 10.9. The van der Waals surface area contributed by atoms with Crippen LogP contribution in [-0.2, 0) is 9.53 Å². The number of hydrogen-bond donors (Lipinski definition) is 0. The van der Waals surface area contributed by atoms with E-state index in [9.17, 15) is 4.79 Å². The van der Waals surface area contributed by atoms with Crippen molar-refractivity contribution in [3.8, 4) is 0 Å². The number of thiazole rings is 1. The van der Waals surface area contributed by atoms with E-state index in [1.54, 1.807) is 11.3 Å². The van der Waals surface area contributed by atoms with Gasteiger partial charge in [0.05, 0.1) is 29.2 Å². The number of aromatic nitrogens is 1. The summed E-state index contributed by atoms with van der Waals surface area (Å²) in [5.41, 5.74) is 3.34. The van der Waals surface area contributed by atoms with Gasteiger partial charge in [-0.3, -0.25) is 14.6 Å². The molecule has 5 nitrogen and oxygen atoms in total. The maximum Gasteiger partial charge on any atom is 0.239 e. The second-order valence-electron chi connectivity index (χ2n) is 7.97. The van der Waals surface area contributed by atoms with Gasteiger partial charge in [0.1, 0.15) is 0 Å². The quantitative estimate of drug-likeness (QED) is 0.396. The largest absolute Gasteiger partial charge is 0.379 e. The van der Waals surface area contributed by atoms with Crippen molar-refractivity contribution < 1.29 is 9.53 Å². The van der Waals surface area contributed by atoms with Crippen molar-refractivity contribution in [1.29, 1.82) is 0 Å². The number of carbonyl (C=O) groups is 1. The number of halogens is 1. The smallest absolute Gasteiger partial charge is 0.239 e. The fourth-order valence-electron chi connectivity index (χ4n) is 3.72. The second kappa shape index (κ2) is 11.0. The average Bonchev–Trinajstić information content (AvgIpc) is 3.26. The second-order valence-corrected chi connectivity index (χ2v) is 10.4. The van der Waals surface area contributed by atoms with Gasteiger partial charge in [-0.2, -0.15) is 0 Å². The summed E-state index contributed by atoms with van der Waals surface area (Å²) >= 11 is 9.14. The minimum Gasteiger partial charge on any atom is -0.379 e. The number of morpholine rings is 1. The topological polar surface area (TPSA) is 45.7 Å². The first-order valence-corrected chi connectivity index (χ1v) is 13.0. The number of anilines is 1. The molecule has 1 aliphatic heterocycles. The fraction of sp³-hybridized carbons (Fsp3) is 0.417. The predicted octanol–water partition coefficient (Wildman–Crippen LogP) is 5.41. The summed E-state index contributed by atoms with van der Waals surface area (Å²) in [5, 5.41) is 1.49. The maximum atomic E-state index is 13.3. The van der Waals surface area contributed by atoms with Gasteiger partial charge in [-0.25, -0.2) is 4.98 Å². The van der Waals surface area contributed by atoms with E-state index in [-0.39, 0.29) is 5.91 Å². The Morgan fingerprint density at radius 1 is 1.16 bits per heavy atom. The van der Waals surface area contributed by atoms with E-state index in [2.05, 4.69) is 30.9 Å². The molecule has 32 heavy (non-hydrogen) atoms. The van der Waals surface area contributed by atoms with Gasteiger partial charge in [-0.15, -0.1) is 11.8 Å².